The average molecular weight is 413 g/mol. The summed E-state index contributed by atoms with van der Waals surface area (Å²) in [6, 6.07) is 9.09. The number of hydrogen-bond acceptors (Lipinski definition) is 6. The number of nitriles is 1. The van der Waals surface area contributed by atoms with Gasteiger partial charge >= 0.3 is 0 Å². The van der Waals surface area contributed by atoms with E-state index >= 15 is 0 Å². The van der Waals surface area contributed by atoms with Crippen LogP contribution in [0.4, 0.5) is 5.69 Å². The van der Waals surface area contributed by atoms with E-state index in [-0.39, 0.29) is 5.89 Å². The van der Waals surface area contributed by atoms with Gasteiger partial charge in [-0.25, -0.2) is 9.19 Å². The van der Waals surface area contributed by atoms with E-state index in [0.717, 1.165) is 16.8 Å². The number of rotatable bonds is 4. The van der Waals surface area contributed by atoms with Gasteiger partial charge in [0.25, 0.3) is 5.89 Å². The van der Waals surface area contributed by atoms with Crippen LogP contribution in [0.3, 0.4) is 0 Å². The fraction of sp³-hybridized carbons (Fsp3) is 0.111. The van der Waals surface area contributed by atoms with E-state index in [9.17, 15) is 4.21 Å². The molecule has 0 saturated carbocycles. The second-order valence-electron chi connectivity index (χ2n) is 6.05. The van der Waals surface area contributed by atoms with Gasteiger partial charge in [0.1, 0.15) is 22.7 Å². The van der Waals surface area contributed by atoms with Crippen molar-refractivity contribution in [2.75, 3.05) is 11.0 Å². The molecule has 28 heavy (non-hydrogen) atoms. The minimum atomic E-state index is -1.15. The number of pyridine rings is 1. The Bertz CT molecular complexity index is 1270. The molecule has 8 nitrogen and oxygen atoms in total. The minimum absolute atomic E-state index is 0.240. The maximum absolute atomic E-state index is 11.3. The quantitative estimate of drug-likeness (QED) is 0.548. The molecular formula is C18H13ClN6O2S. The molecule has 10 heteroatoms. The molecule has 1 unspecified atom stereocenters. The van der Waals surface area contributed by atoms with E-state index in [2.05, 4.69) is 19.8 Å². The van der Waals surface area contributed by atoms with E-state index in [0.29, 0.717) is 27.8 Å². The SMILES string of the molecule is Cc1cc(NS(C)=O)ccc1-c1noc(-c2cn3cc(C#N)cc(Cl)c3n2)n1. The van der Waals surface area contributed by atoms with Crippen LogP contribution < -0.4 is 4.72 Å². The number of aromatic nitrogens is 4. The second kappa shape index (κ2) is 7.07. The van der Waals surface area contributed by atoms with Crippen molar-refractivity contribution >= 4 is 33.9 Å². The number of aryl methyl sites for hydroxylation is 1. The molecule has 1 N–H and O–H groups in total. The van der Waals surface area contributed by atoms with Gasteiger partial charge in [-0.15, -0.1) is 0 Å². The van der Waals surface area contributed by atoms with Gasteiger partial charge < -0.3 is 13.6 Å². The third-order valence-corrected chi connectivity index (χ3v) is 4.81. The zero-order valence-electron chi connectivity index (χ0n) is 14.8. The molecule has 0 aliphatic heterocycles. The molecule has 0 saturated heterocycles. The molecule has 0 spiro atoms. The Balaban J connectivity index is 1.70. The molecule has 4 rings (SSSR count). The van der Waals surface area contributed by atoms with Gasteiger partial charge in [0.2, 0.25) is 5.82 Å². The molecule has 0 bridgehead atoms. The van der Waals surface area contributed by atoms with E-state index in [1.807, 2.05) is 25.1 Å². The van der Waals surface area contributed by atoms with Crippen LogP contribution in [0, 0.1) is 18.3 Å². The van der Waals surface area contributed by atoms with Crippen LogP contribution in [0.5, 0.6) is 0 Å². The van der Waals surface area contributed by atoms with Gasteiger partial charge in [-0.3, -0.25) is 0 Å². The summed E-state index contributed by atoms with van der Waals surface area (Å²) in [7, 11) is -1.15. The Morgan fingerprint density at radius 2 is 2.11 bits per heavy atom. The summed E-state index contributed by atoms with van der Waals surface area (Å²) < 4.78 is 21.2. The molecule has 0 aliphatic rings. The number of fused-ring (bicyclic) bond motifs is 1. The first-order valence-electron chi connectivity index (χ1n) is 8.08. The highest BCUT2D eigenvalue weighted by molar-refractivity contribution is 7.85. The topological polar surface area (TPSA) is 109 Å². The van der Waals surface area contributed by atoms with Crippen molar-refractivity contribution in [2.45, 2.75) is 6.92 Å². The normalized spacial score (nSPS) is 12.1. The number of anilines is 1. The maximum atomic E-state index is 11.3. The largest absolute Gasteiger partial charge is 0.332 e. The first-order chi connectivity index (χ1) is 13.4. The van der Waals surface area contributed by atoms with Crippen LogP contribution in [0.25, 0.3) is 28.6 Å². The molecule has 0 fully saturated rings. The van der Waals surface area contributed by atoms with E-state index in [4.69, 9.17) is 21.4 Å². The summed E-state index contributed by atoms with van der Waals surface area (Å²) in [6.07, 6.45) is 4.87. The van der Waals surface area contributed by atoms with Gasteiger partial charge in [0, 0.05) is 29.9 Å². The molecule has 4 aromatic rings. The summed E-state index contributed by atoms with van der Waals surface area (Å²) in [5.74, 6) is 0.655. The van der Waals surface area contributed by atoms with Crippen LogP contribution in [0.15, 0.2) is 41.2 Å². The molecule has 1 aromatic carbocycles. The minimum Gasteiger partial charge on any atom is -0.332 e. The van der Waals surface area contributed by atoms with Gasteiger partial charge in [-0.2, -0.15) is 10.2 Å². The fourth-order valence-corrected chi connectivity index (χ4v) is 3.52. The van der Waals surface area contributed by atoms with E-state index in [1.54, 1.807) is 35.2 Å². The van der Waals surface area contributed by atoms with E-state index < -0.39 is 11.0 Å². The van der Waals surface area contributed by atoms with Gasteiger partial charge in [-0.1, -0.05) is 16.8 Å². The van der Waals surface area contributed by atoms with Gasteiger partial charge in [0.05, 0.1) is 10.6 Å². The Hall–Kier alpha value is -3.22. The predicted molar refractivity (Wildman–Crippen MR) is 106 cm³/mol. The molecular weight excluding hydrogens is 400 g/mol. The number of benzene rings is 1. The van der Waals surface area contributed by atoms with Crippen molar-refractivity contribution in [1.29, 1.82) is 5.26 Å². The second-order valence-corrected chi connectivity index (χ2v) is 7.57. The lowest BCUT2D eigenvalue weighted by Gasteiger charge is -2.06. The van der Waals surface area contributed by atoms with Gasteiger partial charge in [-0.05, 0) is 36.8 Å². The monoisotopic (exact) mass is 412 g/mol. The summed E-state index contributed by atoms with van der Waals surface area (Å²) >= 11 is 6.19. The van der Waals surface area contributed by atoms with Crippen LogP contribution in [-0.2, 0) is 11.0 Å². The Morgan fingerprint density at radius 1 is 1.29 bits per heavy atom. The summed E-state index contributed by atoms with van der Waals surface area (Å²) in [5, 5.41) is 13.5. The predicted octanol–water partition coefficient (Wildman–Crippen LogP) is 3.59. The molecule has 1 atom stereocenters. The van der Waals surface area contributed by atoms with E-state index in [1.165, 1.54) is 0 Å². The zero-order valence-corrected chi connectivity index (χ0v) is 16.4. The molecule has 0 aliphatic carbocycles. The van der Waals surface area contributed by atoms with Crippen molar-refractivity contribution in [1.82, 2.24) is 19.5 Å². The van der Waals surface area contributed by atoms with Crippen molar-refractivity contribution < 1.29 is 8.73 Å². The maximum Gasteiger partial charge on any atom is 0.278 e. The highest BCUT2D eigenvalue weighted by Gasteiger charge is 2.17. The molecule has 0 radical (unpaired) electrons. The Kier molecular flexibility index (Phi) is 4.58. The lowest BCUT2D eigenvalue weighted by molar-refractivity contribution is 0.431. The van der Waals surface area contributed by atoms with Crippen LogP contribution >= 0.6 is 11.6 Å². The average Bonchev–Trinajstić information content (AvgIpc) is 3.28. The first kappa shape index (κ1) is 18.2. The standard InChI is InChI=1S/C18H13ClN6O2S/c1-10-5-12(24-28(2)26)3-4-13(10)16-22-18(27-23-16)15-9-25-8-11(7-20)6-14(19)17(25)21-15/h3-6,8-9,24H,1-2H3. The smallest absolute Gasteiger partial charge is 0.278 e. The van der Waals surface area contributed by atoms with Crippen molar-refractivity contribution in [2.24, 2.45) is 0 Å². The van der Waals surface area contributed by atoms with Crippen molar-refractivity contribution in [3.8, 4) is 29.0 Å². The summed E-state index contributed by atoms with van der Waals surface area (Å²) in [6.45, 7) is 1.91. The lowest BCUT2D eigenvalue weighted by Crippen LogP contribution is -2.01. The number of halogens is 1. The third-order valence-electron chi connectivity index (χ3n) is 4.01. The molecule has 0 amide bonds. The first-order valence-corrected chi connectivity index (χ1v) is 10.0. The molecule has 3 heterocycles. The van der Waals surface area contributed by atoms with Crippen molar-refractivity contribution in [3.05, 3.63) is 52.8 Å². The highest BCUT2D eigenvalue weighted by atomic mass is 35.5. The van der Waals surface area contributed by atoms with Gasteiger partial charge in [0.15, 0.2) is 5.65 Å². The lowest BCUT2D eigenvalue weighted by atomic mass is 10.1. The van der Waals surface area contributed by atoms with Crippen LogP contribution in [0.2, 0.25) is 5.02 Å². The zero-order chi connectivity index (χ0) is 19.8. The third kappa shape index (κ3) is 3.35. The van der Waals surface area contributed by atoms with Crippen LogP contribution in [0.1, 0.15) is 11.1 Å². The molecule has 140 valence electrons. The fourth-order valence-electron chi connectivity index (χ4n) is 2.80. The number of hydrogen-bond donors (Lipinski definition) is 1. The Morgan fingerprint density at radius 3 is 2.82 bits per heavy atom. The summed E-state index contributed by atoms with van der Waals surface area (Å²) in [5.41, 5.74) is 3.80. The number of nitrogens with one attached hydrogen (secondary N) is 1. The summed E-state index contributed by atoms with van der Waals surface area (Å²) in [4.78, 5) is 8.84. The Labute approximate surface area is 167 Å². The van der Waals surface area contributed by atoms with Crippen molar-refractivity contribution in [3.63, 3.8) is 0 Å². The van der Waals surface area contributed by atoms with Crippen LogP contribution in [-0.4, -0.2) is 30.0 Å². The molecule has 3 aromatic heterocycles. The highest BCUT2D eigenvalue weighted by Crippen LogP contribution is 2.28. The number of nitrogens with zero attached hydrogens (tertiary/aromatic N) is 5. The number of imidazole rings is 1.